The number of carbonyl (C=O) groups excluding carboxylic acids is 1. The second-order valence-corrected chi connectivity index (χ2v) is 12.2. The third-order valence-electron chi connectivity index (χ3n) is 7.52. The molecule has 0 saturated heterocycles. The second-order valence-electron chi connectivity index (χ2n) is 9.95. The minimum atomic E-state index is -4.49. The lowest BCUT2D eigenvalue weighted by atomic mass is 9.97. The molecule has 0 aliphatic carbocycles. The first-order valence-electron chi connectivity index (χ1n) is 12.2. The number of hydrogen-bond donors (Lipinski definition) is 0. The van der Waals surface area contributed by atoms with Crippen LogP contribution in [0.1, 0.15) is 45.8 Å². The van der Waals surface area contributed by atoms with Gasteiger partial charge in [-0.2, -0.15) is 22.0 Å². The summed E-state index contributed by atoms with van der Waals surface area (Å²) in [6.45, 7) is 0.495. The minimum absolute atomic E-state index is 0.0817. The van der Waals surface area contributed by atoms with Gasteiger partial charge in [-0.15, -0.1) is 0 Å². The zero-order valence-corrected chi connectivity index (χ0v) is 22.0. The van der Waals surface area contributed by atoms with E-state index in [0.29, 0.717) is 40.0 Å². The van der Waals surface area contributed by atoms with Gasteiger partial charge in [-0.05, 0) is 60.1 Å². The van der Waals surface area contributed by atoms with Crippen molar-refractivity contribution in [2.24, 2.45) is 0 Å². The van der Waals surface area contributed by atoms with E-state index in [1.165, 1.54) is 24.3 Å². The SMILES string of the molecule is CN1C(=O)c2cccc(OC(F)F)c2C2CC1c1nc3ccc(-c4ccc(P(C)C)c(C(F)(F)F)c4)cc3n12. The molecule has 2 bridgehead atoms. The van der Waals surface area contributed by atoms with Gasteiger partial charge in [0, 0.05) is 24.6 Å². The maximum Gasteiger partial charge on any atom is 0.417 e. The third kappa shape index (κ3) is 4.07. The molecule has 2 unspecified atom stereocenters. The number of fused-ring (bicyclic) bond motifs is 9. The number of rotatable bonds is 4. The van der Waals surface area contributed by atoms with Crippen molar-refractivity contribution in [3.8, 4) is 16.9 Å². The van der Waals surface area contributed by atoms with Crippen LogP contribution in [0.25, 0.3) is 22.2 Å². The Morgan fingerprint density at radius 1 is 1.03 bits per heavy atom. The summed E-state index contributed by atoms with van der Waals surface area (Å²) in [5.41, 5.74) is 2.19. The van der Waals surface area contributed by atoms with Gasteiger partial charge in [-0.25, -0.2) is 4.98 Å². The van der Waals surface area contributed by atoms with Gasteiger partial charge in [0.2, 0.25) is 0 Å². The molecule has 1 aromatic heterocycles. The zero-order chi connectivity index (χ0) is 27.8. The highest BCUT2D eigenvalue weighted by atomic mass is 31.1. The Bertz CT molecular complexity index is 1630. The topological polar surface area (TPSA) is 47.4 Å². The molecule has 0 fully saturated rings. The molecular weight excluding hydrogens is 536 g/mol. The van der Waals surface area contributed by atoms with E-state index in [1.807, 2.05) is 4.57 Å². The quantitative estimate of drug-likeness (QED) is 0.204. The predicted molar refractivity (Wildman–Crippen MR) is 139 cm³/mol. The maximum absolute atomic E-state index is 13.9. The number of alkyl halides is 5. The normalized spacial score (nSPS) is 18.6. The fourth-order valence-electron chi connectivity index (χ4n) is 5.79. The first-order valence-corrected chi connectivity index (χ1v) is 14.4. The highest BCUT2D eigenvalue weighted by Gasteiger charge is 2.45. The van der Waals surface area contributed by atoms with Crippen LogP contribution in [0.2, 0.25) is 0 Å². The molecule has 4 aromatic rings. The summed E-state index contributed by atoms with van der Waals surface area (Å²) in [5, 5.41) is 0.286. The van der Waals surface area contributed by atoms with Gasteiger partial charge in [-0.3, -0.25) is 4.79 Å². The summed E-state index contributed by atoms with van der Waals surface area (Å²) in [6.07, 6.45) is -4.08. The second kappa shape index (κ2) is 9.01. The van der Waals surface area contributed by atoms with Crippen LogP contribution < -0.4 is 10.0 Å². The predicted octanol–water partition coefficient (Wildman–Crippen LogP) is 6.81. The van der Waals surface area contributed by atoms with Crippen molar-refractivity contribution in [1.29, 1.82) is 0 Å². The smallest absolute Gasteiger partial charge is 0.417 e. The number of ether oxygens (including phenoxy) is 1. The minimum Gasteiger partial charge on any atom is -0.434 e. The van der Waals surface area contributed by atoms with E-state index in [0.717, 1.165) is 0 Å². The number of carbonyl (C=O) groups is 1. The lowest BCUT2D eigenvalue weighted by Gasteiger charge is -2.24. The summed E-state index contributed by atoms with van der Waals surface area (Å²) in [7, 11) is 0.680. The molecule has 1 amide bonds. The molecule has 0 N–H and O–H groups in total. The maximum atomic E-state index is 13.9. The molecule has 3 heterocycles. The fourth-order valence-corrected chi connectivity index (χ4v) is 6.84. The lowest BCUT2D eigenvalue weighted by Crippen LogP contribution is -2.30. The van der Waals surface area contributed by atoms with Crippen LogP contribution in [0.5, 0.6) is 5.75 Å². The van der Waals surface area contributed by atoms with E-state index in [4.69, 9.17) is 9.72 Å². The highest BCUT2D eigenvalue weighted by Crippen LogP contribution is 2.50. The van der Waals surface area contributed by atoms with E-state index in [9.17, 15) is 26.7 Å². The van der Waals surface area contributed by atoms with Crippen molar-refractivity contribution in [1.82, 2.24) is 14.5 Å². The Labute approximate surface area is 222 Å². The van der Waals surface area contributed by atoms with Gasteiger partial charge in [-0.1, -0.05) is 32.2 Å². The Hall–Kier alpha value is -3.52. The lowest BCUT2D eigenvalue weighted by molar-refractivity contribution is -0.136. The summed E-state index contributed by atoms with van der Waals surface area (Å²) < 4.78 is 75.1. The van der Waals surface area contributed by atoms with E-state index in [1.54, 1.807) is 55.6 Å². The van der Waals surface area contributed by atoms with E-state index in [-0.39, 0.29) is 22.5 Å². The molecule has 2 aliphatic heterocycles. The van der Waals surface area contributed by atoms with E-state index < -0.39 is 38.4 Å². The molecule has 6 rings (SSSR count). The number of nitrogens with zero attached hydrogens (tertiary/aromatic N) is 3. The summed E-state index contributed by atoms with van der Waals surface area (Å²) in [6, 6.07) is 13.2. The van der Waals surface area contributed by atoms with Gasteiger partial charge in [0.05, 0.1) is 28.7 Å². The standard InChI is InChI=1S/C28H23F5N3O2P/c1-35-21-13-20(24-16(26(35)37)5-4-6-22(24)38-27(29)30)36-19-12-15(7-9-18(19)34-25(21)36)14-8-10-23(39(2)3)17(11-14)28(31,32)33/h4-12,20-21,27H,13H2,1-3H3. The Morgan fingerprint density at radius 2 is 1.74 bits per heavy atom. The fraction of sp³-hybridized carbons (Fsp3) is 0.286. The number of aromatic nitrogens is 2. The third-order valence-corrected chi connectivity index (χ3v) is 8.88. The van der Waals surface area contributed by atoms with E-state index in [2.05, 4.69) is 0 Å². The Morgan fingerprint density at radius 3 is 2.44 bits per heavy atom. The summed E-state index contributed by atoms with van der Waals surface area (Å²) in [4.78, 5) is 19.6. The number of imidazole rings is 1. The average molecular weight is 559 g/mol. The van der Waals surface area contributed by atoms with Crippen molar-refractivity contribution in [3.63, 3.8) is 0 Å². The van der Waals surface area contributed by atoms with Crippen molar-refractivity contribution in [3.05, 3.63) is 77.1 Å². The van der Waals surface area contributed by atoms with Crippen LogP contribution in [-0.2, 0) is 6.18 Å². The van der Waals surface area contributed by atoms with Crippen LogP contribution in [0.15, 0.2) is 54.6 Å². The highest BCUT2D eigenvalue weighted by molar-refractivity contribution is 7.64. The first-order chi connectivity index (χ1) is 18.5. The van der Waals surface area contributed by atoms with E-state index >= 15 is 0 Å². The number of benzene rings is 3. The van der Waals surface area contributed by atoms with Gasteiger partial charge in [0.1, 0.15) is 11.6 Å². The van der Waals surface area contributed by atoms with Crippen molar-refractivity contribution >= 4 is 30.2 Å². The van der Waals surface area contributed by atoms with Gasteiger partial charge in [0.15, 0.2) is 0 Å². The monoisotopic (exact) mass is 559 g/mol. The number of amides is 1. The molecule has 39 heavy (non-hydrogen) atoms. The largest absolute Gasteiger partial charge is 0.434 e. The zero-order valence-electron chi connectivity index (χ0n) is 21.1. The summed E-state index contributed by atoms with van der Waals surface area (Å²) in [5.74, 6) is 0.194. The van der Waals surface area contributed by atoms with Crippen LogP contribution >= 0.6 is 7.92 Å². The molecule has 2 aliphatic rings. The van der Waals surface area contributed by atoms with Crippen molar-refractivity contribution in [2.75, 3.05) is 20.4 Å². The van der Waals surface area contributed by atoms with Crippen LogP contribution in [0, 0.1) is 0 Å². The van der Waals surface area contributed by atoms with Crippen LogP contribution in [-0.4, -0.2) is 47.3 Å². The first kappa shape index (κ1) is 25.7. The molecule has 11 heteroatoms. The molecule has 0 spiro atoms. The summed E-state index contributed by atoms with van der Waals surface area (Å²) >= 11 is 0. The Balaban J connectivity index is 1.55. The Kier molecular flexibility index (Phi) is 5.95. The number of halogens is 5. The number of hydrogen-bond acceptors (Lipinski definition) is 3. The van der Waals surface area contributed by atoms with Crippen molar-refractivity contribution in [2.45, 2.75) is 31.3 Å². The molecule has 3 aromatic carbocycles. The van der Waals surface area contributed by atoms with Gasteiger partial charge in [0.25, 0.3) is 5.91 Å². The van der Waals surface area contributed by atoms with Crippen molar-refractivity contribution < 1.29 is 31.5 Å². The molecule has 0 saturated carbocycles. The van der Waals surface area contributed by atoms with Gasteiger partial charge >= 0.3 is 12.8 Å². The van der Waals surface area contributed by atoms with Crippen LogP contribution in [0.3, 0.4) is 0 Å². The molecule has 2 atom stereocenters. The molecule has 0 radical (unpaired) electrons. The van der Waals surface area contributed by atoms with Crippen LogP contribution in [0.4, 0.5) is 22.0 Å². The van der Waals surface area contributed by atoms with Gasteiger partial charge < -0.3 is 14.2 Å². The average Bonchev–Trinajstić information content (AvgIpc) is 3.40. The molecule has 5 nitrogen and oxygen atoms in total. The molecule has 202 valence electrons. The molecular formula is C28H23F5N3O2P.